The van der Waals surface area contributed by atoms with Crippen LogP contribution in [-0.2, 0) is 24.2 Å². The molecule has 0 radical (unpaired) electrons. The summed E-state index contributed by atoms with van der Waals surface area (Å²) in [5, 5.41) is 18.0. The zero-order valence-electron chi connectivity index (χ0n) is 17.6. The van der Waals surface area contributed by atoms with Crippen LogP contribution in [0.1, 0.15) is 103 Å². The van der Waals surface area contributed by atoms with E-state index in [1.807, 2.05) is 0 Å². The minimum Gasteiger partial charge on any atom is -0.481 e. The third-order valence-electron chi connectivity index (χ3n) is 5.02. The second-order valence-electron chi connectivity index (χ2n) is 7.72. The number of hydrogen-bond acceptors (Lipinski definition) is 5. The molecule has 0 rings (SSSR count). The smallest absolute Gasteiger partial charge is 0.398 e. The van der Waals surface area contributed by atoms with E-state index in [1.165, 1.54) is 25.7 Å². The van der Waals surface area contributed by atoms with E-state index in [1.54, 1.807) is 0 Å². The fraction of sp³-hybridized carbons (Fsp3) is 0.900. The van der Waals surface area contributed by atoms with Crippen molar-refractivity contribution in [3.63, 3.8) is 0 Å². The maximum atomic E-state index is 11.1. The largest absolute Gasteiger partial charge is 0.481 e. The third-order valence-corrected chi connectivity index (χ3v) is 5.50. The minimum absolute atomic E-state index is 0.00872. The van der Waals surface area contributed by atoms with Crippen LogP contribution in [0.2, 0.25) is 0 Å². The Bertz CT molecular complexity index is 547. The summed E-state index contributed by atoms with van der Waals surface area (Å²) >= 11 is 0. The van der Waals surface area contributed by atoms with Gasteiger partial charge >= 0.3 is 22.3 Å². The van der Waals surface area contributed by atoms with Crippen molar-refractivity contribution in [1.82, 2.24) is 0 Å². The van der Waals surface area contributed by atoms with Crippen molar-refractivity contribution >= 4 is 22.3 Å². The molecule has 0 aliphatic carbocycles. The number of aliphatic carboxylic acids is 2. The second kappa shape index (κ2) is 16.6. The minimum atomic E-state index is -4.78. The van der Waals surface area contributed by atoms with Gasteiger partial charge in [0.25, 0.3) is 0 Å². The van der Waals surface area contributed by atoms with Crippen molar-refractivity contribution < 1.29 is 37.0 Å². The number of carbonyl (C=O) groups is 2. The van der Waals surface area contributed by atoms with E-state index >= 15 is 0 Å². The Morgan fingerprint density at radius 2 is 1.24 bits per heavy atom. The average Bonchev–Trinajstić information content (AvgIpc) is 2.60. The van der Waals surface area contributed by atoms with Crippen LogP contribution in [0.5, 0.6) is 0 Å². The summed E-state index contributed by atoms with van der Waals surface area (Å²) in [7, 11) is -4.78. The van der Waals surface area contributed by atoms with E-state index < -0.39 is 28.4 Å². The maximum Gasteiger partial charge on any atom is 0.398 e. The number of rotatable bonds is 20. The van der Waals surface area contributed by atoms with Crippen LogP contribution in [0.4, 0.5) is 0 Å². The number of hydrogen-bond donors (Lipinski definition) is 3. The SMILES string of the molecule is CCCCCCCCC(CCCCCCCC(OS(=O)(=O)O)C(=O)O)CC(=O)O. The molecule has 0 heterocycles. The van der Waals surface area contributed by atoms with E-state index in [9.17, 15) is 18.0 Å². The lowest BCUT2D eigenvalue weighted by Gasteiger charge is -2.15. The molecular formula is C20H38O8S. The summed E-state index contributed by atoms with van der Waals surface area (Å²) < 4.78 is 34.0. The summed E-state index contributed by atoms with van der Waals surface area (Å²) in [5.74, 6) is -1.97. The topological polar surface area (TPSA) is 138 Å². The summed E-state index contributed by atoms with van der Waals surface area (Å²) in [6.45, 7) is 2.18. The second-order valence-corrected chi connectivity index (χ2v) is 8.76. The number of unbranched alkanes of at least 4 members (excludes halogenated alkanes) is 9. The summed E-state index contributed by atoms with van der Waals surface area (Å²) in [6.07, 6.45) is 11.6. The Hall–Kier alpha value is -1.19. The van der Waals surface area contributed by atoms with E-state index in [-0.39, 0.29) is 18.8 Å². The lowest BCUT2D eigenvalue weighted by Crippen LogP contribution is -2.26. The lowest BCUT2D eigenvalue weighted by molar-refractivity contribution is -0.145. The molecule has 0 bridgehead atoms. The highest BCUT2D eigenvalue weighted by Crippen LogP contribution is 2.22. The first-order valence-electron chi connectivity index (χ1n) is 10.8. The highest BCUT2D eigenvalue weighted by molar-refractivity contribution is 7.80. The van der Waals surface area contributed by atoms with Gasteiger partial charge in [0, 0.05) is 6.42 Å². The Labute approximate surface area is 175 Å². The number of carboxylic acid groups (broad SMARTS) is 2. The molecule has 2 unspecified atom stereocenters. The van der Waals surface area contributed by atoms with Crippen LogP contribution in [0.3, 0.4) is 0 Å². The van der Waals surface area contributed by atoms with Crippen molar-refractivity contribution in [2.75, 3.05) is 0 Å². The molecular weight excluding hydrogens is 400 g/mol. The van der Waals surface area contributed by atoms with Gasteiger partial charge < -0.3 is 10.2 Å². The van der Waals surface area contributed by atoms with Gasteiger partial charge in [-0.05, 0) is 25.2 Å². The predicted molar refractivity (Wildman–Crippen MR) is 110 cm³/mol. The first kappa shape index (κ1) is 27.8. The molecule has 0 aromatic carbocycles. The molecule has 0 saturated carbocycles. The van der Waals surface area contributed by atoms with Gasteiger partial charge in [0.1, 0.15) is 0 Å². The predicted octanol–water partition coefficient (Wildman–Crippen LogP) is 4.83. The molecule has 0 aromatic rings. The molecule has 3 N–H and O–H groups in total. The molecule has 0 aliphatic heterocycles. The Morgan fingerprint density at radius 1 is 0.793 bits per heavy atom. The third kappa shape index (κ3) is 18.6. The molecule has 0 aliphatic rings. The highest BCUT2D eigenvalue weighted by atomic mass is 32.3. The number of carboxylic acids is 2. The molecule has 8 nitrogen and oxygen atoms in total. The molecule has 0 amide bonds. The summed E-state index contributed by atoms with van der Waals surface area (Å²) in [5.41, 5.74) is 0. The molecule has 2 atom stereocenters. The quantitative estimate of drug-likeness (QED) is 0.181. The Kier molecular flexibility index (Phi) is 15.9. The van der Waals surface area contributed by atoms with Gasteiger partial charge in [-0.25, -0.2) is 8.98 Å². The first-order chi connectivity index (χ1) is 13.7. The highest BCUT2D eigenvalue weighted by Gasteiger charge is 2.23. The van der Waals surface area contributed by atoms with Crippen LogP contribution < -0.4 is 0 Å². The van der Waals surface area contributed by atoms with E-state index in [0.717, 1.165) is 51.4 Å². The van der Waals surface area contributed by atoms with Gasteiger partial charge in [-0.3, -0.25) is 9.35 Å². The lowest BCUT2D eigenvalue weighted by atomic mass is 9.91. The average molecular weight is 439 g/mol. The molecule has 0 spiro atoms. The van der Waals surface area contributed by atoms with Crippen LogP contribution in [0, 0.1) is 5.92 Å². The zero-order chi connectivity index (χ0) is 22.1. The standard InChI is InChI=1S/C20H38O8S/c1-2-3-4-5-7-10-13-17(16-19(21)22)14-11-8-6-9-12-15-18(20(23)24)28-29(25,26)27/h17-18H,2-16H2,1H3,(H,21,22)(H,23,24)(H,25,26,27). The molecule has 0 aromatic heterocycles. The first-order valence-corrected chi connectivity index (χ1v) is 12.1. The van der Waals surface area contributed by atoms with Crippen molar-refractivity contribution in [2.24, 2.45) is 5.92 Å². The van der Waals surface area contributed by atoms with Crippen LogP contribution in [-0.4, -0.2) is 41.2 Å². The normalized spacial score (nSPS) is 13.9. The summed E-state index contributed by atoms with van der Waals surface area (Å²) in [4.78, 5) is 22.0. The molecule has 9 heteroatoms. The van der Waals surface area contributed by atoms with Gasteiger partial charge in [0.2, 0.25) is 0 Å². The van der Waals surface area contributed by atoms with Crippen molar-refractivity contribution in [1.29, 1.82) is 0 Å². The van der Waals surface area contributed by atoms with E-state index in [2.05, 4.69) is 11.1 Å². The van der Waals surface area contributed by atoms with Gasteiger partial charge in [-0.15, -0.1) is 0 Å². The monoisotopic (exact) mass is 438 g/mol. The van der Waals surface area contributed by atoms with Gasteiger partial charge in [0.05, 0.1) is 0 Å². The van der Waals surface area contributed by atoms with Crippen molar-refractivity contribution in [3.05, 3.63) is 0 Å². The van der Waals surface area contributed by atoms with Crippen LogP contribution >= 0.6 is 0 Å². The van der Waals surface area contributed by atoms with Crippen molar-refractivity contribution in [2.45, 2.75) is 109 Å². The molecule has 0 fully saturated rings. The van der Waals surface area contributed by atoms with Gasteiger partial charge in [-0.2, -0.15) is 8.42 Å². The maximum absolute atomic E-state index is 11.1. The zero-order valence-corrected chi connectivity index (χ0v) is 18.4. The van der Waals surface area contributed by atoms with E-state index in [0.29, 0.717) is 6.42 Å². The fourth-order valence-electron chi connectivity index (χ4n) is 3.46. The summed E-state index contributed by atoms with van der Waals surface area (Å²) in [6, 6.07) is 0. The van der Waals surface area contributed by atoms with Crippen molar-refractivity contribution in [3.8, 4) is 0 Å². The molecule has 172 valence electrons. The molecule has 29 heavy (non-hydrogen) atoms. The molecule has 0 saturated heterocycles. The van der Waals surface area contributed by atoms with E-state index in [4.69, 9.17) is 14.8 Å². The van der Waals surface area contributed by atoms with Crippen LogP contribution in [0.25, 0.3) is 0 Å². The Balaban J connectivity index is 3.95. The van der Waals surface area contributed by atoms with Crippen LogP contribution in [0.15, 0.2) is 0 Å². The van der Waals surface area contributed by atoms with Gasteiger partial charge in [0.15, 0.2) is 6.10 Å². The fourth-order valence-corrected chi connectivity index (χ4v) is 3.93. The van der Waals surface area contributed by atoms with Gasteiger partial charge in [-0.1, -0.05) is 77.6 Å². The Morgan fingerprint density at radius 3 is 1.66 bits per heavy atom.